The lowest BCUT2D eigenvalue weighted by atomic mass is 9.98. The molecule has 1 heterocycles. The second-order valence-electron chi connectivity index (χ2n) is 12.6. The fourth-order valence-corrected chi connectivity index (χ4v) is 6.63. The van der Waals surface area contributed by atoms with Crippen molar-refractivity contribution in [2.45, 2.75) is 63.1 Å². The van der Waals surface area contributed by atoms with Crippen LogP contribution in [-0.2, 0) is 35.1 Å². The molecular weight excluding hydrogens is 624 g/mol. The number of esters is 1. The van der Waals surface area contributed by atoms with E-state index >= 15 is 0 Å². The van der Waals surface area contributed by atoms with Crippen molar-refractivity contribution in [2.75, 3.05) is 33.9 Å². The topological polar surface area (TPSA) is 134 Å². The molecule has 258 valence electrons. The Morgan fingerprint density at radius 3 is 2.04 bits per heavy atom. The highest BCUT2D eigenvalue weighted by atomic mass is 16.5. The van der Waals surface area contributed by atoms with E-state index in [0.717, 1.165) is 47.1 Å². The van der Waals surface area contributed by atoms with Crippen molar-refractivity contribution in [1.82, 2.24) is 20.4 Å². The zero-order chi connectivity index (χ0) is 34.9. The van der Waals surface area contributed by atoms with E-state index in [4.69, 9.17) is 9.47 Å². The van der Waals surface area contributed by atoms with Crippen molar-refractivity contribution in [3.8, 4) is 11.1 Å². The molecule has 49 heavy (non-hydrogen) atoms. The van der Waals surface area contributed by atoms with Gasteiger partial charge < -0.3 is 29.9 Å². The average molecular weight is 669 g/mol. The van der Waals surface area contributed by atoms with Crippen molar-refractivity contribution in [3.63, 3.8) is 0 Å². The van der Waals surface area contributed by atoms with Gasteiger partial charge >= 0.3 is 12.1 Å². The molecule has 1 aliphatic heterocycles. The van der Waals surface area contributed by atoms with E-state index < -0.39 is 48.4 Å². The molecule has 0 saturated carbocycles. The summed E-state index contributed by atoms with van der Waals surface area (Å²) in [5.74, 6) is -2.33. The van der Waals surface area contributed by atoms with Gasteiger partial charge in [0, 0.05) is 32.5 Å². The Morgan fingerprint density at radius 1 is 0.837 bits per heavy atom. The molecule has 0 spiro atoms. The summed E-state index contributed by atoms with van der Waals surface area (Å²) in [5, 5.41) is 5.35. The second-order valence-corrected chi connectivity index (χ2v) is 12.6. The van der Waals surface area contributed by atoms with Crippen LogP contribution in [0.3, 0.4) is 0 Å². The highest BCUT2D eigenvalue weighted by molar-refractivity contribution is 5.95. The number of benzene rings is 3. The molecule has 0 unspecified atom stereocenters. The third-order valence-electron chi connectivity index (χ3n) is 9.32. The SMILES string of the molecule is COC(=O)C[C@H](NC(=O)OCC1c2ccccc2-c2ccccc21)C(=O)N(C)[C@@H](Cc1ccccc1)C(=O)N[C@@H](C)C(=O)N1CCCCC1. The molecule has 0 radical (unpaired) electrons. The number of hydrogen-bond donors (Lipinski definition) is 2. The first-order valence-corrected chi connectivity index (χ1v) is 16.8. The average Bonchev–Trinajstić information content (AvgIpc) is 3.45. The Hall–Kier alpha value is -5.19. The highest BCUT2D eigenvalue weighted by Crippen LogP contribution is 2.44. The van der Waals surface area contributed by atoms with Crippen molar-refractivity contribution in [1.29, 1.82) is 0 Å². The number of amides is 4. The standard InChI is InChI=1S/C38H44N4O7/c1-25(36(45)42-20-12-5-13-21-42)39-35(44)33(22-26-14-6-4-7-15-26)41(2)37(46)32(23-34(43)48-3)40-38(47)49-24-31-29-18-10-8-16-27(29)28-17-9-11-19-30(28)31/h4,6-11,14-19,25,31-33H,5,12-13,20-24H2,1-3H3,(H,39,44)(H,40,47)/t25-,32-,33-/m0/s1. The molecule has 3 aromatic rings. The van der Waals surface area contributed by atoms with Crippen LogP contribution in [0.25, 0.3) is 11.1 Å². The largest absolute Gasteiger partial charge is 0.469 e. The summed E-state index contributed by atoms with van der Waals surface area (Å²) in [7, 11) is 2.63. The maximum Gasteiger partial charge on any atom is 0.407 e. The van der Waals surface area contributed by atoms with Crippen LogP contribution in [0.2, 0.25) is 0 Å². The Labute approximate surface area is 286 Å². The number of likely N-dealkylation sites (tertiary alicyclic amines) is 1. The van der Waals surface area contributed by atoms with Crippen LogP contribution in [0.4, 0.5) is 4.79 Å². The van der Waals surface area contributed by atoms with Crippen LogP contribution in [0.5, 0.6) is 0 Å². The molecule has 0 bridgehead atoms. The lowest BCUT2D eigenvalue weighted by molar-refractivity contribution is -0.147. The summed E-state index contributed by atoms with van der Waals surface area (Å²) in [6.07, 6.45) is 1.66. The van der Waals surface area contributed by atoms with Gasteiger partial charge in [0.2, 0.25) is 17.7 Å². The highest BCUT2D eigenvalue weighted by Gasteiger charge is 2.36. The van der Waals surface area contributed by atoms with Crippen LogP contribution in [0.1, 0.15) is 55.2 Å². The molecule has 3 atom stereocenters. The molecular formula is C38H44N4O7. The number of nitrogens with one attached hydrogen (secondary N) is 2. The van der Waals surface area contributed by atoms with E-state index in [9.17, 15) is 24.0 Å². The molecule has 11 heteroatoms. The van der Waals surface area contributed by atoms with Crippen LogP contribution >= 0.6 is 0 Å². The third kappa shape index (κ3) is 8.46. The summed E-state index contributed by atoms with van der Waals surface area (Å²) in [5.41, 5.74) is 4.98. The van der Waals surface area contributed by atoms with Gasteiger partial charge in [0.25, 0.3) is 0 Å². The first kappa shape index (κ1) is 35.1. The van der Waals surface area contributed by atoms with Gasteiger partial charge in [-0.15, -0.1) is 0 Å². The maximum atomic E-state index is 14.0. The van der Waals surface area contributed by atoms with E-state index in [0.29, 0.717) is 13.1 Å². The molecule has 3 aromatic carbocycles. The van der Waals surface area contributed by atoms with E-state index in [2.05, 4.69) is 10.6 Å². The Morgan fingerprint density at radius 2 is 1.43 bits per heavy atom. The van der Waals surface area contributed by atoms with E-state index in [-0.39, 0.29) is 24.9 Å². The van der Waals surface area contributed by atoms with E-state index in [1.165, 1.54) is 19.1 Å². The van der Waals surface area contributed by atoms with Crippen molar-refractivity contribution in [2.24, 2.45) is 0 Å². The minimum absolute atomic E-state index is 0.0107. The third-order valence-corrected chi connectivity index (χ3v) is 9.32. The zero-order valence-corrected chi connectivity index (χ0v) is 28.2. The minimum Gasteiger partial charge on any atom is -0.469 e. The number of nitrogens with zero attached hydrogens (tertiary/aromatic N) is 2. The lowest BCUT2D eigenvalue weighted by Crippen LogP contribution is -2.58. The number of carbonyl (C=O) groups excluding carboxylic acids is 5. The van der Waals surface area contributed by atoms with Crippen LogP contribution in [0, 0.1) is 0 Å². The Balaban J connectivity index is 1.30. The number of ether oxygens (including phenoxy) is 2. The molecule has 1 saturated heterocycles. The smallest absolute Gasteiger partial charge is 0.407 e. The first-order chi connectivity index (χ1) is 23.7. The molecule has 4 amide bonds. The number of fused-ring (bicyclic) bond motifs is 3. The van der Waals surface area contributed by atoms with Gasteiger partial charge in [-0.05, 0) is 54.0 Å². The van der Waals surface area contributed by atoms with Gasteiger partial charge in [-0.1, -0.05) is 78.9 Å². The fourth-order valence-electron chi connectivity index (χ4n) is 6.63. The molecule has 5 rings (SSSR count). The van der Waals surface area contributed by atoms with Crippen molar-refractivity contribution < 1.29 is 33.4 Å². The minimum atomic E-state index is -1.38. The quantitative estimate of drug-likeness (QED) is 0.278. The second kappa shape index (κ2) is 16.3. The summed E-state index contributed by atoms with van der Waals surface area (Å²) in [6.45, 7) is 2.93. The van der Waals surface area contributed by atoms with Crippen LogP contribution in [0.15, 0.2) is 78.9 Å². The molecule has 1 aliphatic carbocycles. The number of rotatable bonds is 12. The van der Waals surface area contributed by atoms with Gasteiger partial charge in [-0.2, -0.15) is 0 Å². The summed E-state index contributed by atoms with van der Waals surface area (Å²) < 4.78 is 10.5. The van der Waals surface area contributed by atoms with Gasteiger partial charge in [0.05, 0.1) is 13.5 Å². The number of carbonyl (C=O) groups is 5. The van der Waals surface area contributed by atoms with E-state index in [1.807, 2.05) is 78.9 Å². The number of hydrogen-bond acceptors (Lipinski definition) is 7. The van der Waals surface area contributed by atoms with Gasteiger partial charge in [0.1, 0.15) is 24.7 Å². The fraction of sp³-hybridized carbons (Fsp3) is 0.395. The molecule has 0 aromatic heterocycles. The number of piperidine rings is 1. The molecule has 2 N–H and O–H groups in total. The van der Waals surface area contributed by atoms with Gasteiger partial charge in [0.15, 0.2) is 0 Å². The molecule has 1 fully saturated rings. The molecule has 11 nitrogen and oxygen atoms in total. The van der Waals surface area contributed by atoms with Crippen LogP contribution in [-0.4, -0.2) is 91.6 Å². The Kier molecular flexibility index (Phi) is 11.7. The van der Waals surface area contributed by atoms with Crippen molar-refractivity contribution >= 4 is 29.8 Å². The van der Waals surface area contributed by atoms with Crippen LogP contribution < -0.4 is 10.6 Å². The predicted octanol–water partition coefficient (Wildman–Crippen LogP) is 4.04. The number of methoxy groups -OCH3 is 1. The van der Waals surface area contributed by atoms with Gasteiger partial charge in [-0.25, -0.2) is 4.79 Å². The zero-order valence-electron chi connectivity index (χ0n) is 28.2. The van der Waals surface area contributed by atoms with E-state index in [1.54, 1.807) is 11.8 Å². The normalized spacial score (nSPS) is 15.5. The predicted molar refractivity (Wildman–Crippen MR) is 183 cm³/mol. The summed E-state index contributed by atoms with van der Waals surface area (Å²) in [4.78, 5) is 69.5. The number of likely N-dealkylation sites (N-methyl/N-ethyl adjacent to an activating group) is 1. The summed E-state index contributed by atoms with van der Waals surface area (Å²) in [6, 6.07) is 21.8. The lowest BCUT2D eigenvalue weighted by Gasteiger charge is -2.33. The molecule has 2 aliphatic rings. The summed E-state index contributed by atoms with van der Waals surface area (Å²) >= 11 is 0. The Bertz CT molecular complexity index is 1610. The van der Waals surface area contributed by atoms with Crippen molar-refractivity contribution in [3.05, 3.63) is 95.6 Å². The number of alkyl carbamates (subject to hydrolysis) is 1. The monoisotopic (exact) mass is 668 g/mol. The first-order valence-electron chi connectivity index (χ1n) is 16.8. The maximum absolute atomic E-state index is 14.0. The van der Waals surface area contributed by atoms with Gasteiger partial charge in [-0.3, -0.25) is 19.2 Å².